The third kappa shape index (κ3) is 4.00. The fraction of sp³-hybridized carbons (Fsp3) is 0.588. The van der Waals surface area contributed by atoms with Gasteiger partial charge in [-0.25, -0.2) is 5.43 Å². The molecular weight excluding hydrogens is 328 g/mol. The van der Waals surface area contributed by atoms with E-state index in [9.17, 15) is 4.79 Å². The van der Waals surface area contributed by atoms with Gasteiger partial charge in [0.05, 0.1) is 29.6 Å². The van der Waals surface area contributed by atoms with Gasteiger partial charge in [0.1, 0.15) is 6.04 Å². The van der Waals surface area contributed by atoms with Gasteiger partial charge in [0, 0.05) is 19.1 Å². The molecule has 2 saturated heterocycles. The van der Waals surface area contributed by atoms with E-state index < -0.39 is 0 Å². The number of nitrogens with one attached hydrogen (secondary N) is 3. The molecule has 2 fully saturated rings. The Morgan fingerprint density at radius 1 is 1.38 bits per heavy atom. The lowest BCUT2D eigenvalue weighted by Crippen LogP contribution is -2.41. The van der Waals surface area contributed by atoms with Gasteiger partial charge in [-0.1, -0.05) is 31.0 Å². The third-order valence-electron chi connectivity index (χ3n) is 4.51. The van der Waals surface area contributed by atoms with E-state index in [1.165, 1.54) is 0 Å². The Balaban J connectivity index is 1.70. The molecule has 132 valence electrons. The zero-order valence-corrected chi connectivity index (χ0v) is 14.7. The number of amides is 1. The van der Waals surface area contributed by atoms with E-state index in [0.717, 1.165) is 43.7 Å². The Labute approximate surface area is 147 Å². The Kier molecular flexibility index (Phi) is 5.94. The van der Waals surface area contributed by atoms with E-state index >= 15 is 0 Å². The van der Waals surface area contributed by atoms with E-state index in [1.54, 1.807) is 0 Å². The number of morpholine rings is 1. The maximum absolute atomic E-state index is 12.6. The molecule has 1 aromatic rings. The van der Waals surface area contributed by atoms with Crippen molar-refractivity contribution in [3.05, 3.63) is 23.2 Å². The molecule has 7 heteroatoms. The van der Waals surface area contributed by atoms with Crippen LogP contribution in [0.25, 0.3) is 0 Å². The number of carbonyl (C=O) groups excluding carboxylic acids is 1. The molecule has 0 saturated carbocycles. The lowest BCUT2D eigenvalue weighted by atomic mass is 10.1. The van der Waals surface area contributed by atoms with Crippen molar-refractivity contribution in [2.75, 3.05) is 36.5 Å². The fourth-order valence-corrected chi connectivity index (χ4v) is 3.57. The summed E-state index contributed by atoms with van der Waals surface area (Å²) in [4.78, 5) is 14.8. The number of hydrogen-bond acceptors (Lipinski definition) is 5. The molecular formula is C17H25ClN4O2. The van der Waals surface area contributed by atoms with Crippen LogP contribution in [0.5, 0.6) is 0 Å². The Bertz CT molecular complexity index is 578. The first-order chi connectivity index (χ1) is 11.7. The molecule has 2 unspecified atom stereocenters. The molecule has 1 amide bonds. The van der Waals surface area contributed by atoms with Crippen LogP contribution in [0.15, 0.2) is 18.2 Å². The van der Waals surface area contributed by atoms with Crippen molar-refractivity contribution in [1.82, 2.24) is 10.9 Å². The quantitative estimate of drug-likeness (QED) is 0.757. The molecule has 2 heterocycles. The normalized spacial score (nSPS) is 24.2. The first-order valence-corrected chi connectivity index (χ1v) is 9.00. The van der Waals surface area contributed by atoms with Gasteiger partial charge in [0.15, 0.2) is 0 Å². The number of anilines is 2. The Hall–Kier alpha value is -1.34. The van der Waals surface area contributed by atoms with Crippen molar-refractivity contribution in [3.63, 3.8) is 0 Å². The second-order valence-corrected chi connectivity index (χ2v) is 6.69. The first-order valence-electron chi connectivity index (χ1n) is 8.62. The maximum atomic E-state index is 12.6. The van der Waals surface area contributed by atoms with Gasteiger partial charge >= 0.3 is 0 Å². The van der Waals surface area contributed by atoms with Gasteiger partial charge in [-0.15, -0.1) is 0 Å². The first kappa shape index (κ1) is 17.5. The zero-order chi connectivity index (χ0) is 16.9. The standard InChI is InChI=1S/C17H25ClN4O2/c1-2-4-12-11-15(21-20-12)17(23)19-14-6-3-5-13(18)16(14)22-7-9-24-10-8-22/h3,5-6,12,15,20-21H,2,4,7-11H2,1H3,(H,19,23). The summed E-state index contributed by atoms with van der Waals surface area (Å²) in [6, 6.07) is 5.75. The van der Waals surface area contributed by atoms with Crippen molar-refractivity contribution in [1.29, 1.82) is 0 Å². The van der Waals surface area contributed by atoms with E-state index in [1.807, 2.05) is 18.2 Å². The highest BCUT2D eigenvalue weighted by Crippen LogP contribution is 2.34. The monoisotopic (exact) mass is 352 g/mol. The summed E-state index contributed by atoms with van der Waals surface area (Å²) in [6.45, 7) is 5.04. The highest BCUT2D eigenvalue weighted by molar-refractivity contribution is 6.34. The number of nitrogens with zero attached hydrogens (tertiary/aromatic N) is 1. The lowest BCUT2D eigenvalue weighted by Gasteiger charge is -2.31. The average molecular weight is 353 g/mol. The highest BCUT2D eigenvalue weighted by atomic mass is 35.5. The second kappa shape index (κ2) is 8.16. The number of benzene rings is 1. The molecule has 3 rings (SSSR count). The molecule has 2 atom stereocenters. The summed E-state index contributed by atoms with van der Waals surface area (Å²) in [5.74, 6) is -0.0297. The van der Waals surface area contributed by atoms with Crippen LogP contribution >= 0.6 is 11.6 Å². The van der Waals surface area contributed by atoms with Crippen LogP contribution in [0.4, 0.5) is 11.4 Å². The molecule has 1 aromatic carbocycles. The summed E-state index contributed by atoms with van der Waals surface area (Å²) in [7, 11) is 0. The largest absolute Gasteiger partial charge is 0.378 e. The van der Waals surface area contributed by atoms with Crippen molar-refractivity contribution >= 4 is 28.9 Å². The van der Waals surface area contributed by atoms with Crippen LogP contribution in [0.1, 0.15) is 26.2 Å². The van der Waals surface area contributed by atoms with Crippen LogP contribution in [0.2, 0.25) is 5.02 Å². The van der Waals surface area contributed by atoms with Crippen LogP contribution < -0.4 is 21.1 Å². The SMILES string of the molecule is CCCC1CC(C(=O)Nc2cccc(Cl)c2N2CCOCC2)NN1. The number of halogens is 1. The van der Waals surface area contributed by atoms with Crippen molar-refractivity contribution in [2.24, 2.45) is 0 Å². The van der Waals surface area contributed by atoms with Gasteiger partial charge in [-0.3, -0.25) is 10.2 Å². The number of hydrogen-bond donors (Lipinski definition) is 3. The van der Waals surface area contributed by atoms with E-state index in [-0.39, 0.29) is 11.9 Å². The lowest BCUT2D eigenvalue weighted by molar-refractivity contribution is -0.117. The van der Waals surface area contributed by atoms with Gasteiger partial charge in [0.25, 0.3) is 0 Å². The summed E-state index contributed by atoms with van der Waals surface area (Å²) in [5, 5.41) is 3.69. The molecule has 0 spiro atoms. The van der Waals surface area contributed by atoms with Crippen molar-refractivity contribution in [3.8, 4) is 0 Å². The maximum Gasteiger partial charge on any atom is 0.242 e. The highest BCUT2D eigenvalue weighted by Gasteiger charge is 2.29. The van der Waals surface area contributed by atoms with E-state index in [4.69, 9.17) is 16.3 Å². The van der Waals surface area contributed by atoms with E-state index in [0.29, 0.717) is 24.3 Å². The topological polar surface area (TPSA) is 65.6 Å². The minimum Gasteiger partial charge on any atom is -0.378 e. The number of para-hydroxylation sites is 1. The molecule has 0 radical (unpaired) electrons. The van der Waals surface area contributed by atoms with Gasteiger partial charge in [-0.2, -0.15) is 0 Å². The smallest absolute Gasteiger partial charge is 0.242 e. The number of carbonyl (C=O) groups is 1. The predicted molar refractivity (Wildman–Crippen MR) is 96.5 cm³/mol. The summed E-state index contributed by atoms with van der Waals surface area (Å²) >= 11 is 6.41. The summed E-state index contributed by atoms with van der Waals surface area (Å²) in [6.07, 6.45) is 2.96. The Morgan fingerprint density at radius 3 is 2.92 bits per heavy atom. The number of ether oxygens (including phenoxy) is 1. The Morgan fingerprint density at radius 2 is 2.17 bits per heavy atom. The van der Waals surface area contributed by atoms with Gasteiger partial charge in [-0.05, 0) is 25.0 Å². The summed E-state index contributed by atoms with van der Waals surface area (Å²) in [5.41, 5.74) is 7.94. The predicted octanol–water partition coefficient (Wildman–Crippen LogP) is 2.15. The minimum atomic E-state index is -0.224. The minimum absolute atomic E-state index is 0.0297. The molecule has 2 aliphatic heterocycles. The van der Waals surface area contributed by atoms with Crippen molar-refractivity contribution in [2.45, 2.75) is 38.3 Å². The summed E-state index contributed by atoms with van der Waals surface area (Å²) < 4.78 is 5.41. The third-order valence-corrected chi connectivity index (χ3v) is 4.81. The van der Waals surface area contributed by atoms with Gasteiger partial charge < -0.3 is 15.0 Å². The fourth-order valence-electron chi connectivity index (χ4n) is 3.28. The molecule has 3 N–H and O–H groups in total. The van der Waals surface area contributed by atoms with Crippen LogP contribution in [-0.4, -0.2) is 44.3 Å². The van der Waals surface area contributed by atoms with Crippen LogP contribution in [0.3, 0.4) is 0 Å². The number of hydrazine groups is 1. The molecule has 0 aliphatic carbocycles. The molecule has 2 aliphatic rings. The molecule has 0 bridgehead atoms. The number of rotatable bonds is 5. The zero-order valence-electron chi connectivity index (χ0n) is 14.0. The van der Waals surface area contributed by atoms with E-state index in [2.05, 4.69) is 28.0 Å². The van der Waals surface area contributed by atoms with Crippen LogP contribution in [-0.2, 0) is 9.53 Å². The van der Waals surface area contributed by atoms with Gasteiger partial charge in [0.2, 0.25) is 5.91 Å². The average Bonchev–Trinajstić information content (AvgIpc) is 3.05. The van der Waals surface area contributed by atoms with Crippen LogP contribution in [0, 0.1) is 0 Å². The second-order valence-electron chi connectivity index (χ2n) is 6.29. The molecule has 24 heavy (non-hydrogen) atoms. The van der Waals surface area contributed by atoms with Crippen molar-refractivity contribution < 1.29 is 9.53 Å². The molecule has 6 nitrogen and oxygen atoms in total. The molecule has 0 aromatic heterocycles.